The Hall–Kier alpha value is -2.50. The van der Waals surface area contributed by atoms with E-state index >= 15 is 0 Å². The molecule has 0 bridgehead atoms. The molecule has 6 heteroatoms. The molecule has 102 valence electrons. The highest BCUT2D eigenvalue weighted by molar-refractivity contribution is 5.44. The Labute approximate surface area is 114 Å². The Bertz CT molecular complexity index is 767. The molecule has 4 nitrogen and oxygen atoms in total. The maximum absolute atomic E-state index is 13.5. The number of hydrogen-bond donors (Lipinski definition) is 1. The van der Waals surface area contributed by atoms with Gasteiger partial charge in [0.15, 0.2) is 5.65 Å². The van der Waals surface area contributed by atoms with Crippen LogP contribution in [-0.4, -0.2) is 14.6 Å². The molecule has 0 saturated heterocycles. The Morgan fingerprint density at radius 2 is 2.05 bits per heavy atom. The van der Waals surface area contributed by atoms with Crippen molar-refractivity contribution < 1.29 is 8.78 Å². The molecule has 1 aromatic carbocycles. The van der Waals surface area contributed by atoms with E-state index in [-0.39, 0.29) is 6.54 Å². The lowest BCUT2D eigenvalue weighted by Crippen LogP contribution is -2.03. The molecular formula is C14H12F2N4. The molecule has 0 radical (unpaired) electrons. The number of halogens is 2. The minimum atomic E-state index is -0.590. The molecule has 0 unspecified atom stereocenters. The second-order valence-electron chi connectivity index (χ2n) is 4.53. The third-order valence-corrected chi connectivity index (χ3v) is 2.93. The van der Waals surface area contributed by atoms with E-state index in [1.807, 2.05) is 25.3 Å². The molecule has 1 N–H and O–H groups in total. The van der Waals surface area contributed by atoms with Crippen LogP contribution in [0.4, 0.5) is 14.7 Å². The minimum Gasteiger partial charge on any atom is -0.349 e. The first-order chi connectivity index (χ1) is 9.61. The fourth-order valence-electron chi connectivity index (χ4n) is 1.90. The number of nitrogens with one attached hydrogen (secondary N) is 1. The number of benzene rings is 1. The van der Waals surface area contributed by atoms with Crippen molar-refractivity contribution in [2.75, 3.05) is 5.32 Å². The number of aryl methyl sites for hydroxylation is 1. The zero-order chi connectivity index (χ0) is 14.1. The van der Waals surface area contributed by atoms with Gasteiger partial charge in [-0.05, 0) is 24.6 Å². The van der Waals surface area contributed by atoms with E-state index in [0.29, 0.717) is 17.2 Å². The van der Waals surface area contributed by atoms with E-state index in [1.165, 1.54) is 12.1 Å². The van der Waals surface area contributed by atoms with E-state index in [9.17, 15) is 8.78 Å². The molecule has 2 aromatic heterocycles. The molecule has 2 heterocycles. The summed E-state index contributed by atoms with van der Waals surface area (Å²) in [5, 5.41) is 7.16. The number of fused-ring (bicyclic) bond motifs is 1. The number of pyridine rings is 1. The lowest BCUT2D eigenvalue weighted by atomic mass is 10.2. The van der Waals surface area contributed by atoms with Crippen LogP contribution in [-0.2, 0) is 6.54 Å². The van der Waals surface area contributed by atoms with E-state index in [4.69, 9.17) is 0 Å². The smallest absolute Gasteiger partial charge is 0.243 e. The highest BCUT2D eigenvalue weighted by Crippen LogP contribution is 2.12. The maximum atomic E-state index is 13.5. The normalized spacial score (nSPS) is 10.9. The first-order valence-corrected chi connectivity index (χ1v) is 6.13. The van der Waals surface area contributed by atoms with Crippen molar-refractivity contribution in [3.8, 4) is 0 Å². The summed E-state index contributed by atoms with van der Waals surface area (Å²) < 4.78 is 27.9. The van der Waals surface area contributed by atoms with Gasteiger partial charge in [0, 0.05) is 24.4 Å². The van der Waals surface area contributed by atoms with Crippen molar-refractivity contribution in [2.24, 2.45) is 0 Å². The monoisotopic (exact) mass is 274 g/mol. The summed E-state index contributed by atoms with van der Waals surface area (Å²) in [6, 6.07) is 7.27. The highest BCUT2D eigenvalue weighted by atomic mass is 19.1. The van der Waals surface area contributed by atoms with Crippen molar-refractivity contribution in [3.63, 3.8) is 0 Å². The molecule has 0 aliphatic heterocycles. The summed E-state index contributed by atoms with van der Waals surface area (Å²) in [6.07, 6.45) is 1.85. The summed E-state index contributed by atoms with van der Waals surface area (Å²) in [5.41, 5.74) is 2.14. The molecule has 0 aliphatic carbocycles. The van der Waals surface area contributed by atoms with Gasteiger partial charge in [-0.3, -0.25) is 0 Å². The van der Waals surface area contributed by atoms with Gasteiger partial charge in [-0.15, -0.1) is 5.10 Å². The van der Waals surface area contributed by atoms with Gasteiger partial charge in [0.2, 0.25) is 5.95 Å². The van der Waals surface area contributed by atoms with Gasteiger partial charge in [-0.1, -0.05) is 12.1 Å². The van der Waals surface area contributed by atoms with Crippen molar-refractivity contribution in [1.82, 2.24) is 14.6 Å². The molecule has 0 fully saturated rings. The van der Waals surface area contributed by atoms with Gasteiger partial charge in [-0.25, -0.2) is 13.3 Å². The molecular weight excluding hydrogens is 262 g/mol. The lowest BCUT2D eigenvalue weighted by Gasteiger charge is -2.03. The summed E-state index contributed by atoms with van der Waals surface area (Å²) in [6.45, 7) is 2.16. The van der Waals surface area contributed by atoms with Gasteiger partial charge in [0.05, 0.1) is 0 Å². The SMILES string of the molecule is Cc1ccc2nc(NCc3ccc(F)cc3F)nn2c1. The molecule has 0 atom stereocenters. The van der Waals surface area contributed by atoms with Gasteiger partial charge in [0.25, 0.3) is 0 Å². The Kier molecular flexibility index (Phi) is 3.06. The maximum Gasteiger partial charge on any atom is 0.243 e. The van der Waals surface area contributed by atoms with Gasteiger partial charge >= 0.3 is 0 Å². The van der Waals surface area contributed by atoms with Crippen LogP contribution in [0.5, 0.6) is 0 Å². The fraction of sp³-hybridized carbons (Fsp3) is 0.143. The summed E-state index contributed by atoms with van der Waals surface area (Å²) >= 11 is 0. The van der Waals surface area contributed by atoms with Crippen molar-refractivity contribution in [1.29, 1.82) is 0 Å². The topological polar surface area (TPSA) is 42.2 Å². The number of hydrogen-bond acceptors (Lipinski definition) is 3. The summed E-state index contributed by atoms with van der Waals surface area (Å²) in [4.78, 5) is 4.26. The zero-order valence-corrected chi connectivity index (χ0v) is 10.8. The van der Waals surface area contributed by atoms with Crippen molar-refractivity contribution in [3.05, 3.63) is 59.3 Å². The van der Waals surface area contributed by atoms with Gasteiger partial charge in [-0.2, -0.15) is 4.98 Å². The van der Waals surface area contributed by atoms with E-state index in [0.717, 1.165) is 11.6 Å². The minimum absolute atomic E-state index is 0.196. The largest absolute Gasteiger partial charge is 0.349 e. The molecule has 20 heavy (non-hydrogen) atoms. The van der Waals surface area contributed by atoms with Crippen LogP contribution < -0.4 is 5.32 Å². The van der Waals surface area contributed by atoms with Crippen LogP contribution in [0.15, 0.2) is 36.5 Å². The molecule has 3 rings (SSSR count). The quantitative estimate of drug-likeness (QED) is 0.798. The van der Waals surface area contributed by atoms with E-state index in [1.54, 1.807) is 4.52 Å². The van der Waals surface area contributed by atoms with Crippen molar-refractivity contribution >= 4 is 11.6 Å². The van der Waals surface area contributed by atoms with Crippen LogP contribution in [0.1, 0.15) is 11.1 Å². The summed E-state index contributed by atoms with van der Waals surface area (Å²) in [5.74, 6) is -0.774. The first kappa shape index (κ1) is 12.5. The fourth-order valence-corrected chi connectivity index (χ4v) is 1.90. The number of nitrogens with zero attached hydrogens (tertiary/aromatic N) is 3. The number of anilines is 1. The van der Waals surface area contributed by atoms with E-state index < -0.39 is 11.6 Å². The van der Waals surface area contributed by atoms with Gasteiger partial charge in [0.1, 0.15) is 11.6 Å². The molecule has 0 saturated carbocycles. The molecule has 0 aliphatic rings. The lowest BCUT2D eigenvalue weighted by molar-refractivity contribution is 0.574. The Morgan fingerprint density at radius 1 is 1.20 bits per heavy atom. The summed E-state index contributed by atoms with van der Waals surface area (Å²) in [7, 11) is 0. The van der Waals surface area contributed by atoms with E-state index in [2.05, 4.69) is 15.4 Å². The van der Waals surface area contributed by atoms with Gasteiger partial charge < -0.3 is 5.32 Å². The van der Waals surface area contributed by atoms with Crippen LogP contribution >= 0.6 is 0 Å². The molecule has 0 spiro atoms. The number of rotatable bonds is 3. The van der Waals surface area contributed by atoms with Crippen LogP contribution in [0.2, 0.25) is 0 Å². The Morgan fingerprint density at radius 3 is 2.85 bits per heavy atom. The standard InChI is InChI=1S/C14H12F2N4/c1-9-2-5-13-18-14(19-20(13)8-9)17-7-10-3-4-11(15)6-12(10)16/h2-6,8H,7H2,1H3,(H,17,19). The average Bonchev–Trinajstić information content (AvgIpc) is 2.79. The van der Waals surface area contributed by atoms with Crippen LogP contribution in [0.25, 0.3) is 5.65 Å². The third-order valence-electron chi connectivity index (χ3n) is 2.93. The molecule has 0 amide bonds. The second-order valence-corrected chi connectivity index (χ2v) is 4.53. The van der Waals surface area contributed by atoms with Crippen LogP contribution in [0, 0.1) is 18.6 Å². The third kappa shape index (κ3) is 2.45. The second kappa shape index (κ2) is 4.88. The van der Waals surface area contributed by atoms with Crippen LogP contribution in [0.3, 0.4) is 0 Å². The first-order valence-electron chi connectivity index (χ1n) is 6.13. The number of aromatic nitrogens is 3. The average molecular weight is 274 g/mol. The Balaban J connectivity index is 1.79. The zero-order valence-electron chi connectivity index (χ0n) is 10.8. The predicted molar refractivity (Wildman–Crippen MR) is 71.4 cm³/mol. The molecule has 3 aromatic rings. The highest BCUT2D eigenvalue weighted by Gasteiger charge is 2.06. The predicted octanol–water partition coefficient (Wildman–Crippen LogP) is 2.93. The van der Waals surface area contributed by atoms with Crippen molar-refractivity contribution in [2.45, 2.75) is 13.5 Å².